The lowest BCUT2D eigenvalue weighted by Crippen LogP contribution is -2.31. The fourth-order valence-corrected chi connectivity index (χ4v) is 5.59. The molecule has 0 aromatic heterocycles. The lowest BCUT2D eigenvalue weighted by Gasteiger charge is -2.44. The number of rotatable bonds is 10. The summed E-state index contributed by atoms with van der Waals surface area (Å²) in [6.07, 6.45) is 1.60. The SMILES string of the molecule is CC1(C)CC(c2ccc(F)cc2)=C(CCCO[P+](=O)C[C@@H](O)CC(=O)O)C(C)(C)C1. The van der Waals surface area contributed by atoms with Crippen LogP contribution in [0.5, 0.6) is 0 Å². The summed E-state index contributed by atoms with van der Waals surface area (Å²) in [7, 11) is -2.10. The third-order valence-electron chi connectivity index (χ3n) is 5.53. The van der Waals surface area contributed by atoms with Gasteiger partial charge in [0.1, 0.15) is 18.5 Å². The molecule has 166 valence electrons. The van der Waals surface area contributed by atoms with Gasteiger partial charge in [0, 0.05) is 0 Å². The van der Waals surface area contributed by atoms with E-state index in [0.29, 0.717) is 6.42 Å². The fourth-order valence-electron chi connectivity index (χ4n) is 4.68. The number of aliphatic hydroxyl groups excluding tert-OH is 1. The molecule has 0 saturated carbocycles. The van der Waals surface area contributed by atoms with Gasteiger partial charge in [-0.3, -0.25) is 4.79 Å². The van der Waals surface area contributed by atoms with E-state index in [4.69, 9.17) is 9.63 Å². The number of aliphatic hydroxyl groups is 1. The molecule has 5 nitrogen and oxygen atoms in total. The topological polar surface area (TPSA) is 83.8 Å². The summed E-state index contributed by atoms with van der Waals surface area (Å²) in [5.41, 5.74) is 3.72. The Hall–Kier alpha value is -1.62. The minimum atomic E-state index is -2.10. The van der Waals surface area contributed by atoms with Crippen molar-refractivity contribution in [2.24, 2.45) is 10.8 Å². The van der Waals surface area contributed by atoms with Crippen LogP contribution in [0.1, 0.15) is 65.4 Å². The number of carbonyl (C=O) groups is 1. The minimum absolute atomic E-state index is 0.0225. The molecule has 0 radical (unpaired) electrons. The van der Waals surface area contributed by atoms with Gasteiger partial charge in [0.15, 0.2) is 0 Å². The van der Waals surface area contributed by atoms with Gasteiger partial charge in [-0.2, -0.15) is 0 Å². The maximum Gasteiger partial charge on any atom is 0.510 e. The molecule has 2 rings (SSSR count). The van der Waals surface area contributed by atoms with Crippen LogP contribution in [0.3, 0.4) is 0 Å². The Balaban J connectivity index is 2.06. The Kier molecular flexibility index (Phi) is 8.32. The smallest absolute Gasteiger partial charge is 0.481 e. The van der Waals surface area contributed by atoms with Crippen LogP contribution in [0.4, 0.5) is 4.39 Å². The maximum absolute atomic E-state index is 13.4. The number of hydrogen-bond donors (Lipinski definition) is 2. The molecule has 0 heterocycles. The number of halogens is 1. The maximum atomic E-state index is 13.4. The lowest BCUT2D eigenvalue weighted by molar-refractivity contribution is -0.138. The second-order valence-electron chi connectivity index (χ2n) is 9.57. The first-order valence-electron chi connectivity index (χ1n) is 10.4. The quantitative estimate of drug-likeness (QED) is 0.356. The van der Waals surface area contributed by atoms with E-state index in [1.807, 2.05) is 12.1 Å². The van der Waals surface area contributed by atoms with Crippen molar-refractivity contribution in [3.8, 4) is 0 Å². The van der Waals surface area contributed by atoms with Gasteiger partial charge in [-0.05, 0) is 64.3 Å². The van der Waals surface area contributed by atoms with E-state index in [1.54, 1.807) is 0 Å². The van der Waals surface area contributed by atoms with E-state index in [2.05, 4.69) is 27.7 Å². The molecule has 2 atom stereocenters. The van der Waals surface area contributed by atoms with E-state index in [-0.39, 0.29) is 29.4 Å². The first-order valence-corrected chi connectivity index (χ1v) is 11.7. The molecule has 1 aliphatic carbocycles. The predicted molar refractivity (Wildman–Crippen MR) is 116 cm³/mol. The Morgan fingerprint density at radius 1 is 1.23 bits per heavy atom. The molecule has 30 heavy (non-hydrogen) atoms. The van der Waals surface area contributed by atoms with E-state index < -0.39 is 26.5 Å². The van der Waals surface area contributed by atoms with Gasteiger partial charge in [0.2, 0.25) is 6.16 Å². The highest BCUT2D eigenvalue weighted by Crippen LogP contribution is 2.53. The van der Waals surface area contributed by atoms with Crippen LogP contribution in [0.15, 0.2) is 29.8 Å². The minimum Gasteiger partial charge on any atom is -0.481 e. The average molecular weight is 439 g/mol. The van der Waals surface area contributed by atoms with E-state index in [0.717, 1.165) is 24.8 Å². The van der Waals surface area contributed by atoms with E-state index in [9.17, 15) is 18.9 Å². The number of allylic oxidation sites excluding steroid dienone is 2. The van der Waals surface area contributed by atoms with Crippen LogP contribution in [0.2, 0.25) is 0 Å². The van der Waals surface area contributed by atoms with Crippen molar-refractivity contribution in [3.63, 3.8) is 0 Å². The molecule has 0 amide bonds. The van der Waals surface area contributed by atoms with Crippen molar-refractivity contribution >= 4 is 19.6 Å². The molecule has 1 aromatic rings. The zero-order chi connectivity index (χ0) is 22.5. The normalized spacial score (nSPS) is 19.5. The van der Waals surface area contributed by atoms with Crippen molar-refractivity contribution in [1.29, 1.82) is 0 Å². The largest absolute Gasteiger partial charge is 0.510 e. The van der Waals surface area contributed by atoms with Crippen LogP contribution in [-0.2, 0) is 13.9 Å². The van der Waals surface area contributed by atoms with Crippen LogP contribution in [-0.4, -0.2) is 35.1 Å². The Bertz CT molecular complexity index is 798. The number of aliphatic carboxylic acids is 1. The molecule has 0 spiro atoms. The Labute approximate surface area is 179 Å². The van der Waals surface area contributed by atoms with E-state index in [1.165, 1.54) is 23.3 Å². The van der Waals surface area contributed by atoms with Gasteiger partial charge in [-0.25, -0.2) is 4.39 Å². The zero-order valence-corrected chi connectivity index (χ0v) is 19.2. The van der Waals surface area contributed by atoms with E-state index >= 15 is 0 Å². The van der Waals surface area contributed by atoms with Crippen LogP contribution >= 0.6 is 8.03 Å². The molecule has 1 aromatic carbocycles. The second-order valence-corrected chi connectivity index (χ2v) is 10.9. The van der Waals surface area contributed by atoms with Gasteiger partial charge >= 0.3 is 14.0 Å². The van der Waals surface area contributed by atoms with Crippen molar-refractivity contribution < 1.29 is 28.5 Å². The van der Waals surface area contributed by atoms with Crippen LogP contribution in [0.25, 0.3) is 5.57 Å². The first-order chi connectivity index (χ1) is 13.9. The molecule has 7 heteroatoms. The number of carboxylic acid groups (broad SMARTS) is 1. The predicted octanol–water partition coefficient (Wildman–Crippen LogP) is 5.80. The number of benzene rings is 1. The van der Waals surface area contributed by atoms with Crippen LogP contribution in [0, 0.1) is 16.6 Å². The summed E-state index contributed by atoms with van der Waals surface area (Å²) >= 11 is 0. The lowest BCUT2D eigenvalue weighted by atomic mass is 9.61. The number of carboxylic acids is 1. The van der Waals surface area contributed by atoms with Crippen molar-refractivity contribution in [3.05, 3.63) is 41.2 Å². The summed E-state index contributed by atoms with van der Waals surface area (Å²) in [5.74, 6) is -1.38. The van der Waals surface area contributed by atoms with Crippen molar-refractivity contribution in [2.75, 3.05) is 12.8 Å². The third-order valence-corrected chi connectivity index (χ3v) is 6.72. The molecule has 2 N–H and O–H groups in total. The molecular weight excluding hydrogens is 406 g/mol. The summed E-state index contributed by atoms with van der Waals surface area (Å²) in [6, 6.07) is 6.65. The van der Waals surface area contributed by atoms with Gasteiger partial charge in [-0.1, -0.05) is 45.4 Å². The molecule has 1 aliphatic rings. The Morgan fingerprint density at radius 3 is 2.47 bits per heavy atom. The summed E-state index contributed by atoms with van der Waals surface area (Å²) in [4.78, 5) is 10.6. The first kappa shape index (κ1) is 24.6. The standard InChI is InChI=1S/C23H32FO5P/c1-22(2)13-19(16-7-9-17(24)10-8-16)20(23(3,4)15-22)6-5-11-29-30(28)14-18(25)12-21(26)27/h7-10,18,25H,5-6,11-15H2,1-4H3/p+1/t18-/m0/s1. The van der Waals surface area contributed by atoms with Crippen molar-refractivity contribution in [2.45, 2.75) is 65.9 Å². The molecule has 0 fully saturated rings. The van der Waals surface area contributed by atoms with Crippen molar-refractivity contribution in [1.82, 2.24) is 0 Å². The summed E-state index contributed by atoms with van der Waals surface area (Å²) < 4.78 is 30.7. The Morgan fingerprint density at radius 2 is 1.87 bits per heavy atom. The van der Waals surface area contributed by atoms with Gasteiger partial charge < -0.3 is 10.2 Å². The molecule has 0 saturated heterocycles. The summed E-state index contributed by atoms with van der Waals surface area (Å²) in [5, 5.41) is 18.2. The van der Waals surface area contributed by atoms with Gasteiger partial charge in [-0.15, -0.1) is 4.52 Å². The second kappa shape index (κ2) is 10.1. The average Bonchev–Trinajstić information content (AvgIpc) is 2.58. The number of hydrogen-bond acceptors (Lipinski definition) is 4. The highest BCUT2D eigenvalue weighted by Gasteiger charge is 2.39. The van der Waals surface area contributed by atoms with Gasteiger partial charge in [0.05, 0.1) is 6.42 Å². The molecular formula is C23H33FO5P+. The van der Waals surface area contributed by atoms with Crippen LogP contribution < -0.4 is 0 Å². The zero-order valence-electron chi connectivity index (χ0n) is 18.3. The summed E-state index contributed by atoms with van der Waals surface area (Å²) in [6.45, 7) is 9.25. The third kappa shape index (κ3) is 7.26. The van der Waals surface area contributed by atoms with Gasteiger partial charge in [0.25, 0.3) is 0 Å². The fraction of sp³-hybridized carbons (Fsp3) is 0.609. The molecule has 0 aliphatic heterocycles. The monoisotopic (exact) mass is 439 g/mol. The highest BCUT2D eigenvalue weighted by molar-refractivity contribution is 7.39. The molecule has 1 unspecified atom stereocenters. The molecule has 0 bridgehead atoms. The highest BCUT2D eigenvalue weighted by atomic mass is 31.1.